The quantitative estimate of drug-likeness (QED) is 0.532. The Morgan fingerprint density at radius 2 is 1.97 bits per heavy atom. The first-order chi connectivity index (χ1) is 14.6. The molecule has 166 valence electrons. The molecule has 3 aromatic heterocycles. The topological polar surface area (TPSA) is 100 Å². The molecule has 0 radical (unpaired) electrons. The molecule has 3 aromatic rings. The summed E-state index contributed by atoms with van der Waals surface area (Å²) in [6, 6.07) is -0.619. The van der Waals surface area contributed by atoms with Crippen molar-refractivity contribution >= 4 is 11.6 Å². The van der Waals surface area contributed by atoms with E-state index in [1.165, 1.54) is 6.20 Å². The lowest BCUT2D eigenvalue weighted by Crippen LogP contribution is -2.46. The molecule has 1 fully saturated rings. The second kappa shape index (κ2) is 7.64. The lowest BCUT2D eigenvalue weighted by molar-refractivity contribution is -0.260. The van der Waals surface area contributed by atoms with Gasteiger partial charge >= 0.3 is 6.18 Å². The summed E-state index contributed by atoms with van der Waals surface area (Å²) in [7, 11) is 0. The Morgan fingerprint density at radius 3 is 2.68 bits per heavy atom. The highest BCUT2D eigenvalue weighted by Gasteiger charge is 2.52. The van der Waals surface area contributed by atoms with Gasteiger partial charge in [0, 0.05) is 12.7 Å². The second-order valence-corrected chi connectivity index (χ2v) is 7.36. The second-order valence-electron chi connectivity index (χ2n) is 7.36. The van der Waals surface area contributed by atoms with Crippen molar-refractivity contribution in [2.24, 2.45) is 0 Å². The first-order valence-corrected chi connectivity index (χ1v) is 9.35. The number of fused-ring (bicyclic) bond motifs is 1. The first kappa shape index (κ1) is 21.3. The van der Waals surface area contributed by atoms with Gasteiger partial charge in [-0.25, -0.2) is 23.7 Å². The number of anilines is 1. The molecule has 1 aliphatic heterocycles. The molecular weight excluding hydrogens is 425 g/mol. The molecule has 3 atom stereocenters. The van der Waals surface area contributed by atoms with E-state index in [4.69, 9.17) is 0 Å². The molecule has 0 saturated carbocycles. The molecule has 3 N–H and O–H groups in total. The Morgan fingerprint density at radius 1 is 1.19 bits per heavy atom. The number of alkyl halides is 4. The molecule has 0 amide bonds. The van der Waals surface area contributed by atoms with Crippen LogP contribution in [0.4, 0.5) is 27.9 Å². The van der Waals surface area contributed by atoms with Crippen molar-refractivity contribution in [2.75, 3.05) is 18.4 Å². The highest BCUT2D eigenvalue weighted by molar-refractivity contribution is 5.61. The molecule has 0 aromatic carbocycles. The molecule has 4 rings (SSSR count). The summed E-state index contributed by atoms with van der Waals surface area (Å²) < 4.78 is 69.3. The molecule has 0 bridgehead atoms. The Balaban J connectivity index is 1.74. The third-order valence-electron chi connectivity index (χ3n) is 5.15. The fourth-order valence-electron chi connectivity index (χ4n) is 3.21. The predicted octanol–water partition coefficient (Wildman–Crippen LogP) is 2.21. The number of aliphatic hydroxyl groups is 1. The van der Waals surface area contributed by atoms with Crippen LogP contribution in [0.3, 0.4) is 0 Å². The summed E-state index contributed by atoms with van der Waals surface area (Å²) in [5.74, 6) is -0.897. The number of nitrogens with zero attached hydrogens (tertiary/aromatic N) is 5. The van der Waals surface area contributed by atoms with Crippen molar-refractivity contribution in [3.63, 3.8) is 0 Å². The van der Waals surface area contributed by atoms with Crippen LogP contribution in [0.1, 0.15) is 19.0 Å². The fraction of sp³-hybridized carbons (Fsp3) is 0.444. The third-order valence-corrected chi connectivity index (χ3v) is 5.15. The van der Waals surface area contributed by atoms with Gasteiger partial charge < -0.3 is 15.7 Å². The van der Waals surface area contributed by atoms with Crippen LogP contribution in [0.5, 0.6) is 0 Å². The molecule has 13 heteroatoms. The average molecular weight is 443 g/mol. The van der Waals surface area contributed by atoms with Gasteiger partial charge in [0.1, 0.15) is 11.9 Å². The summed E-state index contributed by atoms with van der Waals surface area (Å²) in [5.41, 5.74) is -4.06. The van der Waals surface area contributed by atoms with Crippen LogP contribution in [-0.4, -0.2) is 60.9 Å². The van der Waals surface area contributed by atoms with E-state index < -0.39 is 35.5 Å². The molecule has 1 unspecified atom stereocenters. The molecular formula is C18H18F5N7O. The summed E-state index contributed by atoms with van der Waals surface area (Å²) in [6.45, 7) is 1.43. The number of imidazole rings is 1. The van der Waals surface area contributed by atoms with E-state index in [1.54, 1.807) is 0 Å². The number of aromatic nitrogens is 5. The van der Waals surface area contributed by atoms with Gasteiger partial charge in [-0.15, -0.1) is 0 Å². The van der Waals surface area contributed by atoms with Crippen LogP contribution < -0.4 is 10.6 Å². The van der Waals surface area contributed by atoms with Gasteiger partial charge in [-0.1, -0.05) is 0 Å². The zero-order valence-electron chi connectivity index (χ0n) is 16.2. The monoisotopic (exact) mass is 443 g/mol. The summed E-state index contributed by atoms with van der Waals surface area (Å²) in [5, 5.41) is 15.7. The predicted molar refractivity (Wildman–Crippen MR) is 99.4 cm³/mol. The van der Waals surface area contributed by atoms with Crippen LogP contribution in [0.25, 0.3) is 17.0 Å². The lowest BCUT2D eigenvalue weighted by Gasteiger charge is -2.27. The van der Waals surface area contributed by atoms with Crippen molar-refractivity contribution in [3.05, 3.63) is 36.3 Å². The SMILES string of the molecule is CC(O)(c1cn2c(-c3nc(N[C@H]4CNCC[C@@H]4F)ncc3F)cnc2cn1)C(F)(F)F. The maximum atomic E-state index is 14.5. The van der Waals surface area contributed by atoms with Crippen molar-refractivity contribution in [1.29, 1.82) is 0 Å². The summed E-state index contributed by atoms with van der Waals surface area (Å²) >= 11 is 0. The number of hydrogen-bond acceptors (Lipinski definition) is 7. The van der Waals surface area contributed by atoms with Gasteiger partial charge in [0.05, 0.1) is 36.0 Å². The molecule has 8 nitrogen and oxygen atoms in total. The number of halogens is 5. The number of hydrogen-bond donors (Lipinski definition) is 3. The Kier molecular flexibility index (Phi) is 5.25. The van der Waals surface area contributed by atoms with Crippen LogP contribution in [0.2, 0.25) is 0 Å². The van der Waals surface area contributed by atoms with Crippen molar-refractivity contribution < 1.29 is 27.1 Å². The highest BCUT2D eigenvalue weighted by atomic mass is 19.4. The van der Waals surface area contributed by atoms with Gasteiger partial charge in [-0.05, 0) is 19.9 Å². The Hall–Kier alpha value is -2.93. The van der Waals surface area contributed by atoms with E-state index in [0.717, 1.165) is 23.0 Å². The number of nitrogens with one attached hydrogen (secondary N) is 2. The van der Waals surface area contributed by atoms with E-state index in [0.29, 0.717) is 26.4 Å². The lowest BCUT2D eigenvalue weighted by atomic mass is 10.0. The van der Waals surface area contributed by atoms with Gasteiger partial charge in [0.2, 0.25) is 11.5 Å². The maximum Gasteiger partial charge on any atom is 0.422 e. The fourth-order valence-corrected chi connectivity index (χ4v) is 3.21. The Labute approximate surface area is 172 Å². The normalized spacial score (nSPS) is 21.8. The first-order valence-electron chi connectivity index (χ1n) is 9.35. The van der Waals surface area contributed by atoms with Crippen LogP contribution in [0, 0.1) is 5.82 Å². The summed E-state index contributed by atoms with van der Waals surface area (Å²) in [4.78, 5) is 15.5. The maximum absolute atomic E-state index is 14.5. The molecule has 1 saturated heterocycles. The van der Waals surface area contributed by atoms with Gasteiger partial charge in [0.25, 0.3) is 0 Å². The standard InChI is InChI=1S/C18H18F5N7O/c1-17(31,18(21,22)23)13-8-30-12(6-26-14(30)7-25-13)15-10(20)4-27-16(29-15)28-11-5-24-3-2-9(11)19/h4,6-9,11,24,31H,2-3,5H2,1H3,(H,27,28,29)/t9-,11-,17?/m0/s1. The molecule has 0 aliphatic carbocycles. The van der Waals surface area contributed by atoms with Crippen LogP contribution >= 0.6 is 0 Å². The van der Waals surface area contributed by atoms with E-state index in [9.17, 15) is 27.1 Å². The van der Waals surface area contributed by atoms with E-state index >= 15 is 0 Å². The van der Waals surface area contributed by atoms with E-state index in [1.807, 2.05) is 0 Å². The van der Waals surface area contributed by atoms with Gasteiger partial charge in [-0.2, -0.15) is 13.2 Å². The zero-order chi connectivity index (χ0) is 22.4. The van der Waals surface area contributed by atoms with Crippen LogP contribution in [0.15, 0.2) is 24.8 Å². The highest BCUT2D eigenvalue weighted by Crippen LogP contribution is 2.37. The Bertz CT molecular complexity index is 1100. The number of piperidine rings is 1. The minimum absolute atomic E-state index is 0.0122. The average Bonchev–Trinajstić information content (AvgIpc) is 3.13. The third kappa shape index (κ3) is 3.90. The number of rotatable bonds is 4. The minimum Gasteiger partial charge on any atom is -0.375 e. The molecule has 0 spiro atoms. The van der Waals surface area contributed by atoms with E-state index in [2.05, 4.69) is 30.6 Å². The molecule has 1 aliphatic rings. The molecule has 31 heavy (non-hydrogen) atoms. The van der Waals surface area contributed by atoms with Crippen molar-refractivity contribution in [3.8, 4) is 11.4 Å². The summed E-state index contributed by atoms with van der Waals surface area (Å²) in [6.07, 6.45) is -1.80. The van der Waals surface area contributed by atoms with Crippen molar-refractivity contribution in [2.45, 2.75) is 37.3 Å². The van der Waals surface area contributed by atoms with Gasteiger partial charge in [0.15, 0.2) is 11.5 Å². The van der Waals surface area contributed by atoms with Crippen molar-refractivity contribution in [1.82, 2.24) is 29.7 Å². The minimum atomic E-state index is -4.98. The van der Waals surface area contributed by atoms with E-state index in [-0.39, 0.29) is 23.0 Å². The zero-order valence-corrected chi connectivity index (χ0v) is 16.2. The van der Waals surface area contributed by atoms with Crippen LogP contribution in [-0.2, 0) is 5.60 Å². The largest absolute Gasteiger partial charge is 0.422 e. The molecule has 4 heterocycles. The smallest absolute Gasteiger partial charge is 0.375 e. The van der Waals surface area contributed by atoms with Gasteiger partial charge in [-0.3, -0.25) is 9.38 Å².